The molecule has 25 heavy (non-hydrogen) atoms. The fourth-order valence-corrected chi connectivity index (χ4v) is 5.22. The zero-order chi connectivity index (χ0) is 17.8. The summed E-state index contributed by atoms with van der Waals surface area (Å²) in [6, 6.07) is 0.442. The van der Waals surface area contributed by atoms with Crippen LogP contribution in [0.25, 0.3) is 0 Å². The predicted octanol–water partition coefficient (Wildman–Crippen LogP) is 2.74. The van der Waals surface area contributed by atoms with Crippen LogP contribution in [0.5, 0.6) is 0 Å². The molecule has 0 saturated carbocycles. The molecular weight excluding hydrogens is 342 g/mol. The molecule has 7 heteroatoms. The normalized spacial score (nSPS) is 44.9. The summed E-state index contributed by atoms with van der Waals surface area (Å²) in [5.41, 5.74) is 0. The lowest BCUT2D eigenvalue weighted by molar-refractivity contribution is -0.205. The van der Waals surface area contributed by atoms with E-state index in [4.69, 9.17) is 28.7 Å². The summed E-state index contributed by atoms with van der Waals surface area (Å²) in [6.45, 7) is 10.5. The summed E-state index contributed by atoms with van der Waals surface area (Å²) >= 11 is 1.85. The van der Waals surface area contributed by atoms with E-state index in [2.05, 4.69) is 6.92 Å². The fourth-order valence-electron chi connectivity index (χ4n) is 4.02. The highest BCUT2D eigenvalue weighted by molar-refractivity contribution is 8.14. The summed E-state index contributed by atoms with van der Waals surface area (Å²) in [6.07, 6.45) is 1.30. The highest BCUT2D eigenvalue weighted by Crippen LogP contribution is 2.43. The Kier molecular flexibility index (Phi) is 4.70. The first-order chi connectivity index (χ1) is 11.8. The number of fused-ring (bicyclic) bond motifs is 1. The third kappa shape index (κ3) is 3.64. The molecule has 4 aliphatic heterocycles. The molecule has 0 aromatic rings. The average Bonchev–Trinajstić information content (AvgIpc) is 3.24. The molecule has 0 aromatic carbocycles. The van der Waals surface area contributed by atoms with Crippen LogP contribution in [-0.2, 0) is 23.7 Å². The lowest BCUT2D eigenvalue weighted by Gasteiger charge is -2.27. The molecule has 1 unspecified atom stereocenters. The van der Waals surface area contributed by atoms with E-state index in [0.29, 0.717) is 12.6 Å². The van der Waals surface area contributed by atoms with Gasteiger partial charge in [0.2, 0.25) is 0 Å². The van der Waals surface area contributed by atoms with Gasteiger partial charge in [-0.15, -0.1) is 11.8 Å². The van der Waals surface area contributed by atoms with Crippen LogP contribution in [0.15, 0.2) is 4.99 Å². The molecule has 0 bridgehead atoms. The first-order valence-corrected chi connectivity index (χ1v) is 10.3. The van der Waals surface area contributed by atoms with Gasteiger partial charge in [0.25, 0.3) is 0 Å². The van der Waals surface area contributed by atoms with Crippen molar-refractivity contribution in [3.63, 3.8) is 0 Å². The van der Waals surface area contributed by atoms with E-state index in [1.165, 1.54) is 5.04 Å². The number of nitrogens with zero attached hydrogens (tertiary/aromatic N) is 1. The van der Waals surface area contributed by atoms with Gasteiger partial charge in [-0.2, -0.15) is 0 Å². The number of ether oxygens (including phenoxy) is 5. The molecule has 6 atom stereocenters. The number of rotatable bonds is 4. The van der Waals surface area contributed by atoms with E-state index in [9.17, 15) is 0 Å². The summed E-state index contributed by atoms with van der Waals surface area (Å²) in [5, 5.41) is 1.17. The average molecular weight is 371 g/mol. The largest absolute Gasteiger partial charge is 0.366 e. The molecule has 0 aliphatic carbocycles. The second-order valence-corrected chi connectivity index (χ2v) is 9.26. The number of hydrogen-bond donors (Lipinski definition) is 0. The van der Waals surface area contributed by atoms with Crippen molar-refractivity contribution in [2.75, 3.05) is 12.4 Å². The monoisotopic (exact) mass is 371 g/mol. The lowest BCUT2D eigenvalue weighted by Crippen LogP contribution is -2.40. The van der Waals surface area contributed by atoms with Crippen LogP contribution >= 0.6 is 11.8 Å². The van der Waals surface area contributed by atoms with E-state index in [-0.39, 0.29) is 30.5 Å². The molecular formula is C18H29NO5S. The second-order valence-electron chi connectivity index (χ2n) is 8.17. The molecule has 0 aromatic heterocycles. The Morgan fingerprint density at radius 2 is 1.80 bits per heavy atom. The van der Waals surface area contributed by atoms with Gasteiger partial charge in [-0.05, 0) is 34.1 Å². The highest BCUT2D eigenvalue weighted by atomic mass is 32.2. The zero-order valence-corrected chi connectivity index (χ0v) is 16.5. The molecule has 6 nitrogen and oxygen atoms in total. The molecule has 4 aliphatic rings. The molecule has 142 valence electrons. The molecule has 3 fully saturated rings. The van der Waals surface area contributed by atoms with Gasteiger partial charge in [0, 0.05) is 12.2 Å². The van der Waals surface area contributed by atoms with Gasteiger partial charge in [0.15, 0.2) is 11.6 Å². The quantitative estimate of drug-likeness (QED) is 0.757. The van der Waals surface area contributed by atoms with Crippen LogP contribution < -0.4 is 0 Å². The van der Waals surface area contributed by atoms with E-state index < -0.39 is 11.6 Å². The maximum Gasteiger partial charge on any atom is 0.164 e. The van der Waals surface area contributed by atoms with Crippen molar-refractivity contribution in [1.82, 2.24) is 0 Å². The van der Waals surface area contributed by atoms with E-state index in [1.54, 1.807) is 0 Å². The minimum Gasteiger partial charge on any atom is -0.366 e. The Hall–Kier alpha value is -0.180. The second kappa shape index (κ2) is 6.46. The van der Waals surface area contributed by atoms with Crippen molar-refractivity contribution >= 4 is 16.8 Å². The van der Waals surface area contributed by atoms with Crippen LogP contribution in [0.4, 0.5) is 0 Å². The highest BCUT2D eigenvalue weighted by Gasteiger charge is 2.58. The standard InChI is InChI=1S/C18H29NO5S/c1-6-10-9-25-13(19-10)7-11-15-16(24-18(4,5)23-15)14(21-11)12-8-20-17(2,3)22-12/h10-12,14-16H,6-9H2,1-5H3/t10-,11-,12?,14+,15+,16-/m0/s1. The number of aliphatic imine (C=N–C) groups is 1. The summed E-state index contributed by atoms with van der Waals surface area (Å²) < 4.78 is 30.5. The van der Waals surface area contributed by atoms with Gasteiger partial charge >= 0.3 is 0 Å². The first kappa shape index (κ1) is 18.2. The van der Waals surface area contributed by atoms with Crippen LogP contribution in [0.3, 0.4) is 0 Å². The van der Waals surface area contributed by atoms with Gasteiger partial charge in [-0.1, -0.05) is 6.92 Å². The van der Waals surface area contributed by atoms with Crippen molar-refractivity contribution in [2.45, 2.75) is 95.6 Å². The summed E-state index contributed by atoms with van der Waals surface area (Å²) in [5.74, 6) is -0.0931. The van der Waals surface area contributed by atoms with E-state index in [1.807, 2.05) is 39.5 Å². The predicted molar refractivity (Wildman–Crippen MR) is 96.0 cm³/mol. The Balaban J connectivity index is 1.49. The van der Waals surface area contributed by atoms with Crippen molar-refractivity contribution in [3.05, 3.63) is 0 Å². The van der Waals surface area contributed by atoms with Gasteiger partial charge < -0.3 is 23.7 Å². The molecule has 3 saturated heterocycles. The summed E-state index contributed by atoms with van der Waals surface area (Å²) in [7, 11) is 0. The van der Waals surface area contributed by atoms with E-state index >= 15 is 0 Å². The van der Waals surface area contributed by atoms with Crippen LogP contribution in [0.1, 0.15) is 47.5 Å². The van der Waals surface area contributed by atoms with Crippen LogP contribution in [0.2, 0.25) is 0 Å². The summed E-state index contributed by atoms with van der Waals surface area (Å²) in [4.78, 5) is 4.81. The maximum atomic E-state index is 6.38. The van der Waals surface area contributed by atoms with Crippen LogP contribution in [-0.4, -0.2) is 65.5 Å². The third-order valence-corrected chi connectivity index (χ3v) is 6.36. The van der Waals surface area contributed by atoms with Crippen molar-refractivity contribution in [2.24, 2.45) is 4.99 Å². The van der Waals surface area contributed by atoms with Gasteiger partial charge in [0.1, 0.15) is 24.4 Å². The third-order valence-electron chi connectivity index (χ3n) is 5.20. The lowest BCUT2D eigenvalue weighted by atomic mass is 10.0. The van der Waals surface area contributed by atoms with Gasteiger partial charge in [0.05, 0.1) is 23.8 Å². The Bertz CT molecular complexity index is 552. The van der Waals surface area contributed by atoms with Gasteiger partial charge in [-0.25, -0.2) is 0 Å². The maximum absolute atomic E-state index is 6.38. The fraction of sp³-hybridized carbons (Fsp3) is 0.944. The molecule has 0 N–H and O–H groups in total. The van der Waals surface area contributed by atoms with Crippen molar-refractivity contribution in [3.8, 4) is 0 Å². The number of thioether (sulfide) groups is 1. The SMILES string of the molecule is CC[C@H]1CSC(C[C@@H]2O[C@H](C3COC(C)(C)O3)[C@@H]3OC(C)(C)O[C@@H]32)=N1. The minimum absolute atomic E-state index is 0.0501. The first-order valence-electron chi connectivity index (χ1n) is 9.29. The minimum atomic E-state index is -0.596. The molecule has 4 heterocycles. The topological polar surface area (TPSA) is 58.5 Å². The zero-order valence-electron chi connectivity index (χ0n) is 15.7. The molecule has 0 spiro atoms. The smallest absolute Gasteiger partial charge is 0.164 e. The molecule has 0 radical (unpaired) electrons. The van der Waals surface area contributed by atoms with Crippen LogP contribution in [0, 0.1) is 0 Å². The Morgan fingerprint density at radius 3 is 2.44 bits per heavy atom. The number of hydrogen-bond acceptors (Lipinski definition) is 7. The Morgan fingerprint density at radius 1 is 1.04 bits per heavy atom. The molecule has 0 amide bonds. The van der Waals surface area contributed by atoms with Gasteiger partial charge in [-0.3, -0.25) is 4.99 Å². The molecule has 4 rings (SSSR count). The van der Waals surface area contributed by atoms with Crippen molar-refractivity contribution in [1.29, 1.82) is 0 Å². The Labute approximate surface area is 154 Å². The van der Waals surface area contributed by atoms with E-state index in [0.717, 1.165) is 18.6 Å². The van der Waals surface area contributed by atoms with Crippen molar-refractivity contribution < 1.29 is 23.7 Å².